The number of hydrogen-bond donors (Lipinski definition) is 1. The maximum absolute atomic E-state index is 13.5. The molecule has 1 aromatic carbocycles. The molecular formula is C25H37N3O6. The van der Waals surface area contributed by atoms with Gasteiger partial charge >= 0.3 is 12.1 Å². The summed E-state index contributed by atoms with van der Waals surface area (Å²) in [5.41, 5.74) is 0.973. The van der Waals surface area contributed by atoms with Crippen molar-refractivity contribution in [1.29, 1.82) is 0 Å². The molecule has 2 aromatic rings. The number of nitrogens with zero attached hydrogens (tertiary/aromatic N) is 2. The number of fused-ring (bicyclic) bond motifs is 1. The molecule has 9 heteroatoms. The van der Waals surface area contributed by atoms with Crippen molar-refractivity contribution in [2.45, 2.75) is 65.1 Å². The Labute approximate surface area is 201 Å². The number of ether oxygens (including phenoxy) is 2. The van der Waals surface area contributed by atoms with Gasteiger partial charge in [0.15, 0.2) is 0 Å². The first-order chi connectivity index (χ1) is 15.9. The van der Waals surface area contributed by atoms with Gasteiger partial charge in [-0.1, -0.05) is 32.0 Å². The van der Waals surface area contributed by atoms with Gasteiger partial charge in [0.2, 0.25) is 5.91 Å². The number of rotatable bonds is 9. The van der Waals surface area contributed by atoms with E-state index in [1.165, 1.54) is 12.0 Å². The van der Waals surface area contributed by atoms with E-state index in [4.69, 9.17) is 14.3 Å². The van der Waals surface area contributed by atoms with Gasteiger partial charge in [0.05, 0.1) is 12.6 Å². The number of esters is 1. The highest BCUT2D eigenvalue weighted by molar-refractivity contribution is 5.90. The zero-order chi connectivity index (χ0) is 25.6. The van der Waals surface area contributed by atoms with Gasteiger partial charge in [0, 0.05) is 25.1 Å². The first-order valence-corrected chi connectivity index (χ1v) is 11.3. The van der Waals surface area contributed by atoms with E-state index in [1.807, 2.05) is 38.1 Å². The number of methoxy groups -OCH3 is 1. The summed E-state index contributed by atoms with van der Waals surface area (Å²) in [5.74, 6) is -0.829. The van der Waals surface area contributed by atoms with Crippen LogP contribution in [0.4, 0.5) is 4.79 Å². The van der Waals surface area contributed by atoms with E-state index < -0.39 is 35.7 Å². The van der Waals surface area contributed by atoms with Crippen molar-refractivity contribution in [3.8, 4) is 0 Å². The maximum atomic E-state index is 13.5. The molecule has 1 N–H and O–H groups in total. The fraction of sp³-hybridized carbons (Fsp3) is 0.560. The van der Waals surface area contributed by atoms with Gasteiger partial charge in [0.25, 0.3) is 0 Å². The maximum Gasteiger partial charge on any atom is 0.408 e. The third-order valence-electron chi connectivity index (χ3n) is 5.36. The topological polar surface area (TPSA) is 99.1 Å². The van der Waals surface area contributed by atoms with Crippen LogP contribution in [0.2, 0.25) is 0 Å². The predicted octanol–water partition coefficient (Wildman–Crippen LogP) is 3.18. The molecule has 0 aliphatic heterocycles. The van der Waals surface area contributed by atoms with E-state index in [1.54, 1.807) is 45.9 Å². The van der Waals surface area contributed by atoms with Crippen molar-refractivity contribution in [1.82, 2.24) is 14.9 Å². The Hall–Kier alpha value is -3.23. The molecule has 2 atom stereocenters. The second kappa shape index (κ2) is 11.3. The molecule has 0 bridgehead atoms. The Balaban J connectivity index is 2.33. The number of carbonyl (C=O) groups excluding carboxylic acids is 3. The molecule has 34 heavy (non-hydrogen) atoms. The summed E-state index contributed by atoms with van der Waals surface area (Å²) >= 11 is 0. The van der Waals surface area contributed by atoms with Crippen LogP contribution in [0.15, 0.2) is 30.5 Å². The highest BCUT2D eigenvalue weighted by atomic mass is 16.6. The number of carbonyl (C=O) groups is 3. The lowest BCUT2D eigenvalue weighted by molar-refractivity contribution is -0.152. The van der Waals surface area contributed by atoms with Crippen molar-refractivity contribution < 1.29 is 28.7 Å². The number of nitrogens with one attached hydrogen (secondary N) is 1. The Morgan fingerprint density at radius 1 is 1.12 bits per heavy atom. The highest BCUT2D eigenvalue weighted by Gasteiger charge is 2.34. The number of benzene rings is 1. The van der Waals surface area contributed by atoms with Crippen LogP contribution in [0.1, 0.15) is 46.6 Å². The van der Waals surface area contributed by atoms with Crippen molar-refractivity contribution in [2.75, 3.05) is 21.3 Å². The molecule has 0 spiro atoms. The SMILES string of the molecule is COC(=O)[C@H](Cc1cn(OC)c2ccccc12)N(C)C(=O)[C@H](CC(C)C)NC(=O)OC(C)(C)C. The molecule has 0 aliphatic carbocycles. The van der Waals surface area contributed by atoms with E-state index in [0.29, 0.717) is 6.42 Å². The minimum absolute atomic E-state index is 0.119. The standard InChI is InChI=1S/C25H37N3O6/c1-16(2)13-19(26-24(31)34-25(3,4)5)22(29)27(6)21(23(30)32-7)14-17-15-28(33-8)20-12-10-9-11-18(17)20/h9-12,15-16,19,21H,13-14H2,1-8H3,(H,26,31)/t19-,21-/m0/s1. The minimum atomic E-state index is -0.899. The van der Waals surface area contributed by atoms with Gasteiger partial charge in [-0.3, -0.25) is 4.79 Å². The van der Waals surface area contributed by atoms with E-state index in [9.17, 15) is 14.4 Å². The van der Waals surface area contributed by atoms with Crippen LogP contribution in [0.25, 0.3) is 10.9 Å². The van der Waals surface area contributed by atoms with E-state index in [0.717, 1.165) is 16.5 Å². The van der Waals surface area contributed by atoms with Crippen LogP contribution in [0.5, 0.6) is 0 Å². The van der Waals surface area contributed by atoms with Crippen LogP contribution in [-0.4, -0.2) is 66.6 Å². The second-order valence-electron chi connectivity index (χ2n) is 9.70. The molecule has 1 aromatic heterocycles. The highest BCUT2D eigenvalue weighted by Crippen LogP contribution is 2.23. The Kier molecular flexibility index (Phi) is 8.95. The summed E-state index contributed by atoms with van der Waals surface area (Å²) in [6, 6.07) is 5.89. The molecule has 0 saturated heterocycles. The molecule has 2 amide bonds. The lowest BCUT2D eigenvalue weighted by Gasteiger charge is -2.31. The second-order valence-corrected chi connectivity index (χ2v) is 9.70. The monoisotopic (exact) mass is 475 g/mol. The molecule has 188 valence electrons. The average molecular weight is 476 g/mol. The molecule has 1 heterocycles. The summed E-state index contributed by atoms with van der Waals surface area (Å²) in [7, 11) is 4.39. The number of amides is 2. The van der Waals surface area contributed by atoms with Gasteiger partial charge in [-0.25, -0.2) is 9.59 Å². The number of hydrogen-bond acceptors (Lipinski definition) is 6. The van der Waals surface area contributed by atoms with Gasteiger partial charge in [-0.05, 0) is 44.7 Å². The first-order valence-electron chi connectivity index (χ1n) is 11.3. The largest absolute Gasteiger partial charge is 0.467 e. The van der Waals surface area contributed by atoms with Gasteiger partial charge in [-0.2, -0.15) is 4.73 Å². The lowest BCUT2D eigenvalue weighted by Crippen LogP contribution is -2.54. The molecule has 2 rings (SSSR count). The molecule has 0 saturated carbocycles. The number of likely N-dealkylation sites (N-methyl/N-ethyl adjacent to an activating group) is 1. The Morgan fingerprint density at radius 3 is 2.32 bits per heavy atom. The van der Waals surface area contributed by atoms with E-state index in [-0.39, 0.29) is 12.3 Å². The molecular weight excluding hydrogens is 438 g/mol. The summed E-state index contributed by atoms with van der Waals surface area (Å²) in [4.78, 5) is 45.4. The molecule has 9 nitrogen and oxygen atoms in total. The van der Waals surface area contributed by atoms with E-state index in [2.05, 4.69) is 5.32 Å². The summed E-state index contributed by atoms with van der Waals surface area (Å²) in [6.07, 6.45) is 1.72. The van der Waals surface area contributed by atoms with Crippen LogP contribution in [0.3, 0.4) is 0 Å². The molecule has 0 aliphatic rings. The van der Waals surface area contributed by atoms with Crippen molar-refractivity contribution in [2.24, 2.45) is 5.92 Å². The fourth-order valence-electron chi connectivity index (χ4n) is 3.80. The summed E-state index contributed by atoms with van der Waals surface area (Å²) < 4.78 is 12.0. The quantitative estimate of drug-likeness (QED) is 0.560. The normalized spacial score (nSPS) is 13.3. The Bertz CT molecular complexity index is 1010. The van der Waals surface area contributed by atoms with Crippen LogP contribution >= 0.6 is 0 Å². The lowest BCUT2D eigenvalue weighted by atomic mass is 10.00. The molecule has 0 radical (unpaired) electrons. The summed E-state index contributed by atoms with van der Waals surface area (Å²) in [6.45, 7) is 9.16. The molecule has 0 fully saturated rings. The van der Waals surface area contributed by atoms with Gasteiger partial charge < -0.3 is 24.5 Å². The smallest absolute Gasteiger partial charge is 0.408 e. The minimum Gasteiger partial charge on any atom is -0.467 e. The average Bonchev–Trinajstić information content (AvgIpc) is 3.11. The fourth-order valence-corrected chi connectivity index (χ4v) is 3.80. The number of aromatic nitrogens is 1. The van der Waals surface area contributed by atoms with Crippen molar-refractivity contribution >= 4 is 28.9 Å². The van der Waals surface area contributed by atoms with Gasteiger partial charge in [-0.15, -0.1) is 0 Å². The third kappa shape index (κ3) is 6.88. The zero-order valence-corrected chi connectivity index (χ0v) is 21.4. The zero-order valence-electron chi connectivity index (χ0n) is 21.4. The van der Waals surface area contributed by atoms with Gasteiger partial charge in [0.1, 0.15) is 24.8 Å². The first kappa shape index (κ1) is 27.0. The Morgan fingerprint density at radius 2 is 1.76 bits per heavy atom. The van der Waals surface area contributed by atoms with Crippen molar-refractivity contribution in [3.05, 3.63) is 36.0 Å². The predicted molar refractivity (Wildman–Crippen MR) is 129 cm³/mol. The number of alkyl carbamates (subject to hydrolysis) is 1. The van der Waals surface area contributed by atoms with Crippen LogP contribution in [-0.2, 0) is 25.5 Å². The third-order valence-corrected chi connectivity index (χ3v) is 5.36. The van der Waals surface area contributed by atoms with Crippen molar-refractivity contribution in [3.63, 3.8) is 0 Å². The molecule has 0 unspecified atom stereocenters. The number of para-hydroxylation sites is 1. The van der Waals surface area contributed by atoms with Crippen LogP contribution in [0, 0.1) is 5.92 Å². The van der Waals surface area contributed by atoms with E-state index >= 15 is 0 Å². The summed E-state index contributed by atoms with van der Waals surface area (Å²) in [5, 5.41) is 3.58. The van der Waals surface area contributed by atoms with Crippen LogP contribution < -0.4 is 10.2 Å².